The van der Waals surface area contributed by atoms with Gasteiger partial charge in [-0.2, -0.15) is 0 Å². The van der Waals surface area contributed by atoms with E-state index in [9.17, 15) is 14.7 Å². The van der Waals surface area contributed by atoms with Gasteiger partial charge in [0.2, 0.25) is 0 Å². The lowest BCUT2D eigenvalue weighted by Crippen LogP contribution is -2.38. The summed E-state index contributed by atoms with van der Waals surface area (Å²) in [7, 11) is 3.91. The van der Waals surface area contributed by atoms with Crippen LogP contribution in [-0.4, -0.2) is 86.7 Å². The van der Waals surface area contributed by atoms with Crippen molar-refractivity contribution in [2.24, 2.45) is 0 Å². The molecule has 202 valence electrons. The average molecular weight is 520 g/mol. The van der Waals surface area contributed by atoms with Gasteiger partial charge in [-0.15, -0.1) is 0 Å². The minimum absolute atomic E-state index is 0.113. The second kappa shape index (κ2) is 12.3. The topological polar surface area (TPSA) is 82.5 Å². The Morgan fingerprint density at radius 3 is 2.47 bits per heavy atom. The summed E-state index contributed by atoms with van der Waals surface area (Å²) in [5, 5.41) is 11.5. The van der Waals surface area contributed by atoms with Crippen LogP contribution in [0.1, 0.15) is 29.2 Å². The number of hydrogen-bond donors (Lipinski definition) is 1. The van der Waals surface area contributed by atoms with Gasteiger partial charge in [-0.05, 0) is 54.8 Å². The fraction of sp³-hybridized carbons (Fsp3) is 0.400. The molecule has 2 aliphatic rings. The number of benzene rings is 2. The highest BCUT2D eigenvalue weighted by Gasteiger charge is 2.46. The molecular weight excluding hydrogens is 482 g/mol. The van der Waals surface area contributed by atoms with Crippen molar-refractivity contribution in [3.63, 3.8) is 0 Å². The maximum Gasteiger partial charge on any atom is 0.295 e. The number of amides is 1. The van der Waals surface area contributed by atoms with E-state index in [1.807, 2.05) is 50.2 Å². The number of anilines is 1. The molecule has 38 heavy (non-hydrogen) atoms. The first kappa shape index (κ1) is 27.4. The summed E-state index contributed by atoms with van der Waals surface area (Å²) in [6, 6.07) is 12.4. The quantitative estimate of drug-likeness (QED) is 0.221. The number of aliphatic hydroxyl groups is 1. The molecule has 0 spiro atoms. The lowest BCUT2D eigenvalue weighted by molar-refractivity contribution is -0.140. The van der Waals surface area contributed by atoms with Gasteiger partial charge in [0.25, 0.3) is 11.7 Å². The van der Waals surface area contributed by atoms with E-state index in [1.54, 1.807) is 29.2 Å². The van der Waals surface area contributed by atoms with Gasteiger partial charge in [0.1, 0.15) is 18.1 Å². The zero-order valence-corrected chi connectivity index (χ0v) is 22.5. The largest absolute Gasteiger partial charge is 0.507 e. The number of morpholine rings is 1. The van der Waals surface area contributed by atoms with Gasteiger partial charge >= 0.3 is 0 Å². The predicted octanol–water partition coefficient (Wildman–Crippen LogP) is 3.77. The van der Waals surface area contributed by atoms with Gasteiger partial charge in [-0.1, -0.05) is 24.8 Å². The summed E-state index contributed by atoms with van der Waals surface area (Å²) in [6.07, 6.45) is 2.37. The van der Waals surface area contributed by atoms with Crippen LogP contribution in [0, 0.1) is 6.92 Å². The second-order valence-corrected chi connectivity index (χ2v) is 9.86. The van der Waals surface area contributed by atoms with Crippen molar-refractivity contribution in [1.82, 2.24) is 9.80 Å². The van der Waals surface area contributed by atoms with Gasteiger partial charge in [0.15, 0.2) is 0 Å². The van der Waals surface area contributed by atoms with Gasteiger partial charge < -0.3 is 24.4 Å². The number of carbonyl (C=O) groups excluding carboxylic acids is 2. The molecule has 2 fully saturated rings. The first-order chi connectivity index (χ1) is 18.3. The van der Waals surface area contributed by atoms with E-state index in [1.165, 1.54) is 0 Å². The van der Waals surface area contributed by atoms with Crippen LogP contribution in [0.25, 0.3) is 5.76 Å². The van der Waals surface area contributed by atoms with E-state index < -0.39 is 17.7 Å². The fourth-order valence-electron chi connectivity index (χ4n) is 4.99. The number of ketones is 1. The monoisotopic (exact) mass is 519 g/mol. The Bertz CT molecular complexity index is 1200. The second-order valence-electron chi connectivity index (χ2n) is 9.86. The number of aliphatic hydroxyl groups excluding tert-OH is 1. The smallest absolute Gasteiger partial charge is 0.295 e. The summed E-state index contributed by atoms with van der Waals surface area (Å²) in [5.41, 5.74) is 3.14. The Hall–Kier alpha value is -3.62. The van der Waals surface area contributed by atoms with Crippen molar-refractivity contribution in [3.8, 4) is 5.75 Å². The average Bonchev–Trinajstić information content (AvgIpc) is 3.17. The first-order valence-electron chi connectivity index (χ1n) is 13.0. The molecule has 2 aromatic carbocycles. The third kappa shape index (κ3) is 5.92. The van der Waals surface area contributed by atoms with Crippen LogP contribution >= 0.6 is 0 Å². The molecule has 2 heterocycles. The third-order valence-electron chi connectivity index (χ3n) is 7.06. The number of likely N-dealkylation sites (tertiary alicyclic amines) is 1. The van der Waals surface area contributed by atoms with Crippen LogP contribution < -0.4 is 9.64 Å². The van der Waals surface area contributed by atoms with E-state index in [-0.39, 0.29) is 11.3 Å². The number of nitrogens with zero attached hydrogens (tertiary/aromatic N) is 3. The number of hydrogen-bond acceptors (Lipinski definition) is 7. The molecule has 0 bridgehead atoms. The van der Waals surface area contributed by atoms with E-state index >= 15 is 0 Å². The van der Waals surface area contributed by atoms with Crippen molar-refractivity contribution in [3.05, 3.63) is 77.4 Å². The molecule has 1 N–H and O–H groups in total. The van der Waals surface area contributed by atoms with Gasteiger partial charge in [-0.3, -0.25) is 14.5 Å². The Morgan fingerprint density at radius 1 is 1.13 bits per heavy atom. The van der Waals surface area contributed by atoms with Gasteiger partial charge in [0, 0.05) is 51.5 Å². The summed E-state index contributed by atoms with van der Waals surface area (Å²) in [4.78, 5) is 32.6. The van der Waals surface area contributed by atoms with Crippen molar-refractivity contribution in [1.29, 1.82) is 0 Å². The number of Topliss-reactive ketones (excluding diaryl/α,β-unsaturated/α-hetero) is 1. The number of rotatable bonds is 10. The normalized spacial score (nSPS) is 19.6. The van der Waals surface area contributed by atoms with E-state index in [0.717, 1.165) is 36.4 Å². The summed E-state index contributed by atoms with van der Waals surface area (Å²) in [6.45, 7) is 10.2. The summed E-state index contributed by atoms with van der Waals surface area (Å²) >= 11 is 0. The molecule has 8 nitrogen and oxygen atoms in total. The van der Waals surface area contributed by atoms with Crippen LogP contribution in [0.3, 0.4) is 0 Å². The fourth-order valence-corrected chi connectivity index (χ4v) is 4.99. The van der Waals surface area contributed by atoms with Gasteiger partial charge in [-0.25, -0.2) is 0 Å². The standard InChI is InChI=1S/C30H37N3O5/c1-5-17-38-24-11-12-25(21(2)20-24)28(34)26-27(22-7-9-23(10-8-22)31(3)4)33(30(36)29(26)35)14-6-13-32-15-18-37-19-16-32/h5,7-12,20,27,34H,1,6,13-19H2,2-4H3. The zero-order valence-electron chi connectivity index (χ0n) is 22.5. The van der Waals surface area contributed by atoms with Crippen molar-refractivity contribution in [2.45, 2.75) is 19.4 Å². The van der Waals surface area contributed by atoms with Crippen molar-refractivity contribution in [2.75, 3.05) is 65.0 Å². The molecule has 4 rings (SSSR count). The van der Waals surface area contributed by atoms with Crippen LogP contribution in [0.15, 0.2) is 60.7 Å². The van der Waals surface area contributed by atoms with Crippen molar-refractivity contribution >= 4 is 23.1 Å². The molecular formula is C30H37N3O5. The number of carbonyl (C=O) groups is 2. The van der Waals surface area contributed by atoms with Crippen LogP contribution in [0.2, 0.25) is 0 Å². The highest BCUT2D eigenvalue weighted by Crippen LogP contribution is 2.40. The molecule has 1 atom stereocenters. The van der Waals surface area contributed by atoms with Gasteiger partial charge in [0.05, 0.1) is 24.8 Å². The maximum absolute atomic E-state index is 13.4. The SMILES string of the molecule is C=CCOc1ccc(C(O)=C2C(=O)C(=O)N(CCCN3CCOCC3)C2c2ccc(N(C)C)cc2)c(C)c1. The van der Waals surface area contributed by atoms with Crippen LogP contribution in [0.5, 0.6) is 5.75 Å². The predicted molar refractivity (Wildman–Crippen MR) is 149 cm³/mol. The third-order valence-corrected chi connectivity index (χ3v) is 7.06. The lowest BCUT2D eigenvalue weighted by atomic mass is 9.93. The minimum Gasteiger partial charge on any atom is -0.507 e. The van der Waals surface area contributed by atoms with Crippen molar-refractivity contribution < 1.29 is 24.2 Å². The Morgan fingerprint density at radius 2 is 1.84 bits per heavy atom. The molecule has 2 aliphatic heterocycles. The molecule has 2 aromatic rings. The van der Waals surface area contributed by atoms with E-state index in [4.69, 9.17) is 9.47 Å². The molecule has 8 heteroatoms. The number of aryl methyl sites for hydroxylation is 1. The van der Waals surface area contributed by atoms with Crippen LogP contribution in [0.4, 0.5) is 5.69 Å². The lowest BCUT2D eigenvalue weighted by Gasteiger charge is -2.29. The zero-order chi connectivity index (χ0) is 27.2. The molecule has 0 radical (unpaired) electrons. The van der Waals surface area contributed by atoms with E-state index in [0.29, 0.717) is 44.1 Å². The molecule has 1 amide bonds. The Balaban J connectivity index is 1.69. The van der Waals surface area contributed by atoms with E-state index in [2.05, 4.69) is 11.5 Å². The highest BCUT2D eigenvalue weighted by molar-refractivity contribution is 6.46. The highest BCUT2D eigenvalue weighted by atomic mass is 16.5. The summed E-state index contributed by atoms with van der Waals surface area (Å²) in [5.74, 6) is -0.785. The minimum atomic E-state index is -0.674. The Labute approximate surface area is 224 Å². The Kier molecular flexibility index (Phi) is 8.86. The number of ether oxygens (including phenoxy) is 2. The van der Waals surface area contributed by atoms with Crippen LogP contribution in [-0.2, 0) is 14.3 Å². The first-order valence-corrected chi connectivity index (χ1v) is 13.0. The molecule has 0 aromatic heterocycles. The molecule has 2 saturated heterocycles. The summed E-state index contributed by atoms with van der Waals surface area (Å²) < 4.78 is 11.0. The molecule has 0 saturated carbocycles. The molecule has 0 aliphatic carbocycles. The molecule has 1 unspecified atom stereocenters. The maximum atomic E-state index is 13.4.